The zero-order valence-electron chi connectivity index (χ0n) is 14.8. The summed E-state index contributed by atoms with van der Waals surface area (Å²) in [5.74, 6) is 0.227. The third-order valence-electron chi connectivity index (χ3n) is 3.79. The molecule has 1 aromatic heterocycles. The van der Waals surface area contributed by atoms with Crippen molar-refractivity contribution in [1.29, 1.82) is 0 Å². The minimum atomic E-state index is -0.501. The topological polar surface area (TPSA) is 72.5 Å². The Morgan fingerprint density at radius 3 is 2.48 bits per heavy atom. The van der Waals surface area contributed by atoms with Crippen molar-refractivity contribution in [3.05, 3.63) is 72.3 Å². The maximum Gasteiger partial charge on any atom is 0.257 e. The molecule has 0 aliphatic carbocycles. The molecule has 2 N–H and O–H groups in total. The zero-order valence-corrected chi connectivity index (χ0v) is 14.8. The van der Waals surface area contributed by atoms with E-state index in [2.05, 4.69) is 15.6 Å². The third-order valence-corrected chi connectivity index (χ3v) is 3.79. The summed E-state index contributed by atoms with van der Waals surface area (Å²) in [5.41, 5.74) is 1.74. The zero-order chi connectivity index (χ0) is 19.2. The Labute approximate surface area is 156 Å². The van der Waals surface area contributed by atoms with Crippen LogP contribution >= 0.6 is 0 Å². The third kappa shape index (κ3) is 4.33. The van der Waals surface area contributed by atoms with Gasteiger partial charge >= 0.3 is 0 Å². The summed E-state index contributed by atoms with van der Waals surface area (Å²) in [5, 5.41) is 5.68. The number of rotatable bonds is 6. The van der Waals surface area contributed by atoms with E-state index in [0.717, 1.165) is 5.69 Å². The molecule has 1 heterocycles. The van der Waals surface area contributed by atoms with Crippen molar-refractivity contribution in [3.63, 3.8) is 0 Å². The lowest BCUT2D eigenvalue weighted by Crippen LogP contribution is -2.13. The first-order valence-corrected chi connectivity index (χ1v) is 8.10. The van der Waals surface area contributed by atoms with Crippen LogP contribution in [0.4, 0.5) is 21.5 Å². The minimum absolute atomic E-state index is 0.112. The Morgan fingerprint density at radius 2 is 1.74 bits per heavy atom. The van der Waals surface area contributed by atoms with Crippen molar-refractivity contribution >= 4 is 23.0 Å². The van der Waals surface area contributed by atoms with Gasteiger partial charge in [0.25, 0.3) is 5.91 Å². The molecule has 0 fully saturated rings. The average molecular weight is 367 g/mol. The average Bonchev–Trinajstić information content (AvgIpc) is 2.69. The van der Waals surface area contributed by atoms with Gasteiger partial charge in [0.2, 0.25) is 0 Å². The highest BCUT2D eigenvalue weighted by molar-refractivity contribution is 6.04. The largest absolute Gasteiger partial charge is 0.493 e. The van der Waals surface area contributed by atoms with E-state index in [4.69, 9.17) is 9.47 Å². The van der Waals surface area contributed by atoms with Gasteiger partial charge in [-0.2, -0.15) is 0 Å². The predicted octanol–water partition coefficient (Wildman–Crippen LogP) is 4.23. The van der Waals surface area contributed by atoms with E-state index in [9.17, 15) is 9.18 Å². The fourth-order valence-electron chi connectivity index (χ4n) is 2.47. The standard InChI is InChI=1S/C20H18FN3O3/c1-26-18-8-7-14(10-19(18)27-2)23-15-9-13(11-22-12-15)20(25)24-17-6-4-3-5-16(17)21/h3-12,23H,1-2H3,(H,24,25). The maximum absolute atomic E-state index is 13.7. The van der Waals surface area contributed by atoms with Crippen LogP contribution in [-0.4, -0.2) is 25.1 Å². The number of para-hydroxylation sites is 1. The quantitative estimate of drug-likeness (QED) is 0.682. The molecule has 0 saturated carbocycles. The number of nitrogens with one attached hydrogen (secondary N) is 2. The number of pyridine rings is 1. The number of anilines is 3. The monoisotopic (exact) mass is 367 g/mol. The highest BCUT2D eigenvalue weighted by Gasteiger charge is 2.11. The van der Waals surface area contributed by atoms with Crippen molar-refractivity contribution in [2.75, 3.05) is 24.9 Å². The molecule has 0 radical (unpaired) electrons. The van der Waals surface area contributed by atoms with Crippen molar-refractivity contribution in [3.8, 4) is 11.5 Å². The van der Waals surface area contributed by atoms with Gasteiger partial charge < -0.3 is 20.1 Å². The smallest absolute Gasteiger partial charge is 0.257 e. The number of hydrogen-bond donors (Lipinski definition) is 2. The van der Waals surface area contributed by atoms with E-state index < -0.39 is 11.7 Å². The fraction of sp³-hybridized carbons (Fsp3) is 0.100. The molecule has 27 heavy (non-hydrogen) atoms. The van der Waals surface area contributed by atoms with Gasteiger partial charge in [0, 0.05) is 18.0 Å². The number of carbonyl (C=O) groups excluding carboxylic acids is 1. The van der Waals surface area contributed by atoms with Crippen LogP contribution in [0.25, 0.3) is 0 Å². The van der Waals surface area contributed by atoms with Gasteiger partial charge in [0.1, 0.15) is 5.82 Å². The summed E-state index contributed by atoms with van der Waals surface area (Å²) in [7, 11) is 3.11. The van der Waals surface area contributed by atoms with Crippen molar-refractivity contribution in [2.24, 2.45) is 0 Å². The molecule has 6 nitrogen and oxygen atoms in total. The van der Waals surface area contributed by atoms with Gasteiger partial charge in [-0.15, -0.1) is 0 Å². The van der Waals surface area contributed by atoms with E-state index in [1.807, 2.05) is 6.07 Å². The number of hydrogen-bond acceptors (Lipinski definition) is 5. The summed E-state index contributed by atoms with van der Waals surface area (Å²) >= 11 is 0. The lowest BCUT2D eigenvalue weighted by atomic mass is 10.2. The number of methoxy groups -OCH3 is 2. The second kappa shape index (κ2) is 8.18. The SMILES string of the molecule is COc1ccc(Nc2cncc(C(=O)Nc3ccccc3F)c2)cc1OC. The van der Waals surface area contributed by atoms with Gasteiger partial charge in [-0.05, 0) is 30.3 Å². The number of aromatic nitrogens is 1. The lowest BCUT2D eigenvalue weighted by molar-refractivity contribution is 0.102. The summed E-state index contributed by atoms with van der Waals surface area (Å²) in [6.45, 7) is 0. The number of halogens is 1. The number of carbonyl (C=O) groups is 1. The Kier molecular flexibility index (Phi) is 5.51. The molecule has 138 valence electrons. The van der Waals surface area contributed by atoms with Crippen LogP contribution < -0.4 is 20.1 Å². The van der Waals surface area contributed by atoms with E-state index in [1.165, 1.54) is 18.3 Å². The van der Waals surface area contributed by atoms with Crippen LogP contribution in [-0.2, 0) is 0 Å². The Bertz CT molecular complexity index is 963. The first-order valence-electron chi connectivity index (χ1n) is 8.10. The van der Waals surface area contributed by atoms with Gasteiger partial charge in [0.05, 0.1) is 37.4 Å². The fourth-order valence-corrected chi connectivity index (χ4v) is 2.47. The number of ether oxygens (including phenoxy) is 2. The van der Waals surface area contributed by atoms with Gasteiger partial charge in [-0.1, -0.05) is 12.1 Å². The lowest BCUT2D eigenvalue weighted by Gasteiger charge is -2.12. The van der Waals surface area contributed by atoms with Gasteiger partial charge in [0.15, 0.2) is 11.5 Å². The molecule has 0 unspecified atom stereocenters. The molecular weight excluding hydrogens is 349 g/mol. The van der Waals surface area contributed by atoms with Crippen LogP contribution in [0.3, 0.4) is 0 Å². The minimum Gasteiger partial charge on any atom is -0.493 e. The number of benzene rings is 2. The summed E-state index contributed by atoms with van der Waals surface area (Å²) < 4.78 is 24.2. The molecule has 0 atom stereocenters. The first kappa shape index (κ1) is 18.2. The van der Waals surface area contributed by atoms with Crippen LogP contribution in [0.2, 0.25) is 0 Å². The molecule has 3 aromatic rings. The molecule has 3 rings (SSSR count). The summed E-state index contributed by atoms with van der Waals surface area (Å²) in [4.78, 5) is 16.4. The highest BCUT2D eigenvalue weighted by atomic mass is 19.1. The molecular formula is C20H18FN3O3. The van der Waals surface area contributed by atoms with Gasteiger partial charge in [-0.25, -0.2) is 4.39 Å². The summed E-state index contributed by atoms with van der Waals surface area (Å²) in [6, 6.07) is 12.9. The highest BCUT2D eigenvalue weighted by Crippen LogP contribution is 2.31. The molecule has 0 saturated heterocycles. The Balaban J connectivity index is 1.77. The van der Waals surface area contributed by atoms with E-state index in [-0.39, 0.29) is 5.69 Å². The predicted molar refractivity (Wildman–Crippen MR) is 101 cm³/mol. The molecule has 7 heteroatoms. The second-order valence-electron chi connectivity index (χ2n) is 5.59. The van der Waals surface area contributed by atoms with Gasteiger partial charge in [-0.3, -0.25) is 9.78 Å². The molecule has 1 amide bonds. The Morgan fingerprint density at radius 1 is 0.963 bits per heavy atom. The number of amides is 1. The van der Waals surface area contributed by atoms with Crippen molar-refractivity contribution in [2.45, 2.75) is 0 Å². The van der Waals surface area contributed by atoms with Crippen molar-refractivity contribution < 1.29 is 18.7 Å². The summed E-state index contributed by atoms with van der Waals surface area (Å²) in [6.07, 6.45) is 2.99. The maximum atomic E-state index is 13.7. The Hall–Kier alpha value is -3.61. The van der Waals surface area contributed by atoms with Crippen LogP contribution in [0.15, 0.2) is 60.9 Å². The van der Waals surface area contributed by atoms with E-state index >= 15 is 0 Å². The molecule has 0 spiro atoms. The number of nitrogens with zero attached hydrogens (tertiary/aromatic N) is 1. The molecule has 0 aliphatic rings. The second-order valence-corrected chi connectivity index (χ2v) is 5.59. The molecule has 0 bridgehead atoms. The molecule has 2 aromatic carbocycles. The normalized spacial score (nSPS) is 10.2. The van der Waals surface area contributed by atoms with E-state index in [0.29, 0.717) is 22.7 Å². The van der Waals surface area contributed by atoms with E-state index in [1.54, 1.807) is 50.7 Å². The van der Waals surface area contributed by atoms with Crippen LogP contribution in [0, 0.1) is 5.82 Å². The van der Waals surface area contributed by atoms with Crippen LogP contribution in [0.1, 0.15) is 10.4 Å². The van der Waals surface area contributed by atoms with Crippen LogP contribution in [0.5, 0.6) is 11.5 Å². The molecule has 0 aliphatic heterocycles. The first-order chi connectivity index (χ1) is 13.1. The van der Waals surface area contributed by atoms with Crippen molar-refractivity contribution in [1.82, 2.24) is 4.98 Å².